The van der Waals surface area contributed by atoms with Gasteiger partial charge in [-0.25, -0.2) is 4.39 Å². The molecule has 114 valence electrons. The molecule has 2 aromatic carbocycles. The molecular formula is C18H18FNO2. The van der Waals surface area contributed by atoms with E-state index >= 15 is 0 Å². The lowest BCUT2D eigenvalue weighted by Crippen LogP contribution is -2.24. The number of halogens is 1. The molecule has 1 atom stereocenters. The first-order valence-corrected chi connectivity index (χ1v) is 6.96. The Hall–Kier alpha value is -2.62. The van der Waals surface area contributed by atoms with E-state index in [0.29, 0.717) is 0 Å². The van der Waals surface area contributed by atoms with E-state index < -0.39 is 0 Å². The molecule has 1 amide bonds. The Morgan fingerprint density at radius 1 is 1.14 bits per heavy atom. The molecule has 1 N–H and O–H groups in total. The smallest absolute Gasteiger partial charge is 0.244 e. The summed E-state index contributed by atoms with van der Waals surface area (Å²) in [5, 5.41) is 2.87. The molecule has 0 aliphatic carbocycles. The third-order valence-electron chi connectivity index (χ3n) is 3.27. The average molecular weight is 299 g/mol. The van der Waals surface area contributed by atoms with Gasteiger partial charge in [0.2, 0.25) is 5.91 Å². The maximum Gasteiger partial charge on any atom is 0.244 e. The zero-order valence-electron chi connectivity index (χ0n) is 12.5. The summed E-state index contributed by atoms with van der Waals surface area (Å²) in [6.07, 6.45) is 3.09. The standard InChI is InChI=1S/C18H18FNO2/c1-13(15-6-10-17(22-2)11-7-15)20-18(21)12-5-14-3-8-16(19)9-4-14/h3-13H,1-2H3,(H,20,21)/b12-5+/t13-/m0/s1. The lowest BCUT2D eigenvalue weighted by molar-refractivity contribution is -0.117. The van der Waals surface area contributed by atoms with Crippen molar-refractivity contribution in [3.05, 3.63) is 71.6 Å². The quantitative estimate of drug-likeness (QED) is 0.854. The molecule has 3 nitrogen and oxygen atoms in total. The molecule has 22 heavy (non-hydrogen) atoms. The van der Waals surface area contributed by atoms with Crippen LogP contribution in [0.5, 0.6) is 5.75 Å². The highest BCUT2D eigenvalue weighted by atomic mass is 19.1. The molecule has 4 heteroatoms. The number of rotatable bonds is 5. The van der Waals surface area contributed by atoms with Gasteiger partial charge < -0.3 is 10.1 Å². The highest BCUT2D eigenvalue weighted by Crippen LogP contribution is 2.17. The molecule has 0 saturated carbocycles. The lowest BCUT2D eigenvalue weighted by Gasteiger charge is -2.13. The number of amides is 1. The summed E-state index contributed by atoms with van der Waals surface area (Å²) < 4.78 is 17.9. The Morgan fingerprint density at radius 2 is 1.77 bits per heavy atom. The van der Waals surface area contributed by atoms with Crippen LogP contribution in [0.25, 0.3) is 6.08 Å². The largest absolute Gasteiger partial charge is 0.497 e. The highest BCUT2D eigenvalue weighted by molar-refractivity contribution is 5.91. The van der Waals surface area contributed by atoms with Gasteiger partial charge in [-0.05, 0) is 48.4 Å². The fraction of sp³-hybridized carbons (Fsp3) is 0.167. The van der Waals surface area contributed by atoms with E-state index in [-0.39, 0.29) is 17.8 Å². The van der Waals surface area contributed by atoms with Crippen LogP contribution in [0.2, 0.25) is 0 Å². The van der Waals surface area contributed by atoms with E-state index in [9.17, 15) is 9.18 Å². The monoisotopic (exact) mass is 299 g/mol. The number of benzene rings is 2. The van der Waals surface area contributed by atoms with Crippen molar-refractivity contribution in [2.75, 3.05) is 7.11 Å². The maximum absolute atomic E-state index is 12.8. The van der Waals surface area contributed by atoms with E-state index in [1.165, 1.54) is 18.2 Å². The van der Waals surface area contributed by atoms with Crippen molar-refractivity contribution >= 4 is 12.0 Å². The number of hydrogen-bond donors (Lipinski definition) is 1. The van der Waals surface area contributed by atoms with Crippen LogP contribution in [0.3, 0.4) is 0 Å². The van der Waals surface area contributed by atoms with Crippen molar-refractivity contribution < 1.29 is 13.9 Å². The van der Waals surface area contributed by atoms with Crippen LogP contribution in [0.15, 0.2) is 54.6 Å². The first kappa shape index (κ1) is 15.8. The van der Waals surface area contributed by atoms with Crippen LogP contribution in [-0.4, -0.2) is 13.0 Å². The van der Waals surface area contributed by atoms with Crippen molar-refractivity contribution in [1.82, 2.24) is 5.32 Å². The Morgan fingerprint density at radius 3 is 2.36 bits per heavy atom. The summed E-state index contributed by atoms with van der Waals surface area (Å²) >= 11 is 0. The molecule has 0 aliphatic rings. The molecule has 2 rings (SSSR count). The summed E-state index contributed by atoms with van der Waals surface area (Å²) in [6.45, 7) is 1.91. The fourth-order valence-corrected chi connectivity index (χ4v) is 1.98. The topological polar surface area (TPSA) is 38.3 Å². The van der Waals surface area contributed by atoms with E-state index in [1.54, 1.807) is 25.3 Å². The van der Waals surface area contributed by atoms with Crippen molar-refractivity contribution in [3.63, 3.8) is 0 Å². The highest BCUT2D eigenvalue weighted by Gasteiger charge is 2.07. The number of methoxy groups -OCH3 is 1. The molecule has 0 saturated heterocycles. The molecule has 0 radical (unpaired) electrons. The summed E-state index contributed by atoms with van der Waals surface area (Å²) in [4.78, 5) is 11.9. The third-order valence-corrected chi connectivity index (χ3v) is 3.27. The van der Waals surface area contributed by atoms with Crippen LogP contribution in [0.1, 0.15) is 24.1 Å². The predicted octanol–water partition coefficient (Wildman–Crippen LogP) is 3.72. The first-order chi connectivity index (χ1) is 10.6. The summed E-state index contributed by atoms with van der Waals surface area (Å²) in [5.41, 5.74) is 1.76. The Balaban J connectivity index is 1.94. The summed E-state index contributed by atoms with van der Waals surface area (Å²) in [7, 11) is 1.61. The SMILES string of the molecule is COc1ccc([C@H](C)NC(=O)/C=C/c2ccc(F)cc2)cc1. The van der Waals surface area contributed by atoms with Crippen molar-refractivity contribution in [3.8, 4) is 5.75 Å². The number of hydrogen-bond acceptors (Lipinski definition) is 2. The van der Waals surface area contributed by atoms with Crippen LogP contribution >= 0.6 is 0 Å². The van der Waals surface area contributed by atoms with Crippen LogP contribution in [0.4, 0.5) is 4.39 Å². The van der Waals surface area contributed by atoms with Gasteiger partial charge in [0.15, 0.2) is 0 Å². The van der Waals surface area contributed by atoms with E-state index in [0.717, 1.165) is 16.9 Å². The van der Waals surface area contributed by atoms with Crippen LogP contribution in [0, 0.1) is 5.82 Å². The summed E-state index contributed by atoms with van der Waals surface area (Å²) in [6, 6.07) is 13.4. The molecule has 0 fully saturated rings. The molecule has 0 heterocycles. The Labute approximate surface area is 129 Å². The third kappa shape index (κ3) is 4.45. The van der Waals surface area contributed by atoms with Gasteiger partial charge in [0.05, 0.1) is 13.2 Å². The molecule has 0 bridgehead atoms. The molecule has 0 unspecified atom stereocenters. The molecule has 0 aliphatic heterocycles. The zero-order chi connectivity index (χ0) is 15.9. The van der Waals surface area contributed by atoms with Gasteiger partial charge in [-0.1, -0.05) is 24.3 Å². The van der Waals surface area contributed by atoms with Gasteiger partial charge in [0.25, 0.3) is 0 Å². The second-order valence-corrected chi connectivity index (χ2v) is 4.89. The van der Waals surface area contributed by atoms with Gasteiger partial charge >= 0.3 is 0 Å². The number of nitrogens with one attached hydrogen (secondary N) is 1. The minimum atomic E-state index is -0.297. The minimum Gasteiger partial charge on any atom is -0.497 e. The number of carbonyl (C=O) groups is 1. The Bertz CT molecular complexity index is 648. The van der Waals surface area contributed by atoms with Crippen molar-refractivity contribution in [2.45, 2.75) is 13.0 Å². The minimum absolute atomic E-state index is 0.115. The molecule has 0 aromatic heterocycles. The van der Waals surface area contributed by atoms with Gasteiger partial charge in [-0.2, -0.15) is 0 Å². The lowest BCUT2D eigenvalue weighted by atomic mass is 10.1. The van der Waals surface area contributed by atoms with E-state index in [2.05, 4.69) is 5.32 Å². The van der Waals surface area contributed by atoms with Crippen molar-refractivity contribution in [2.24, 2.45) is 0 Å². The van der Waals surface area contributed by atoms with E-state index in [1.807, 2.05) is 31.2 Å². The second-order valence-electron chi connectivity index (χ2n) is 4.89. The second kappa shape index (κ2) is 7.41. The van der Waals surface area contributed by atoms with Crippen molar-refractivity contribution in [1.29, 1.82) is 0 Å². The predicted molar refractivity (Wildman–Crippen MR) is 85.0 cm³/mol. The Kier molecular flexibility index (Phi) is 5.31. The average Bonchev–Trinajstić information content (AvgIpc) is 2.54. The molecule has 0 spiro atoms. The summed E-state index contributed by atoms with van der Waals surface area (Å²) in [5.74, 6) is 0.279. The fourth-order valence-electron chi connectivity index (χ4n) is 1.98. The maximum atomic E-state index is 12.8. The van der Waals surface area contributed by atoms with Gasteiger partial charge in [-0.3, -0.25) is 4.79 Å². The van der Waals surface area contributed by atoms with E-state index in [4.69, 9.17) is 4.74 Å². The number of ether oxygens (including phenoxy) is 1. The zero-order valence-corrected chi connectivity index (χ0v) is 12.5. The van der Waals surface area contributed by atoms with Gasteiger partial charge in [-0.15, -0.1) is 0 Å². The first-order valence-electron chi connectivity index (χ1n) is 6.96. The number of carbonyl (C=O) groups excluding carboxylic acids is 1. The van der Waals surface area contributed by atoms with Crippen LogP contribution < -0.4 is 10.1 Å². The van der Waals surface area contributed by atoms with Gasteiger partial charge in [0.1, 0.15) is 11.6 Å². The molecule has 2 aromatic rings. The van der Waals surface area contributed by atoms with Gasteiger partial charge in [0, 0.05) is 6.08 Å². The van der Waals surface area contributed by atoms with Crippen LogP contribution in [-0.2, 0) is 4.79 Å². The normalized spacial score (nSPS) is 12.1. The molecular weight excluding hydrogens is 281 g/mol.